The molecule has 2 N–H and O–H groups in total. The van der Waals surface area contributed by atoms with Gasteiger partial charge in [0, 0.05) is 15.3 Å². The van der Waals surface area contributed by atoms with E-state index in [1.54, 1.807) is 12.3 Å². The van der Waals surface area contributed by atoms with Gasteiger partial charge in [-0.1, -0.05) is 18.2 Å². The number of rotatable bonds is 2. The summed E-state index contributed by atoms with van der Waals surface area (Å²) in [7, 11) is 0. The number of nitrogens with two attached hydrogens (primary N) is 1. The largest absolute Gasteiger partial charge is 0.320 e. The van der Waals surface area contributed by atoms with E-state index in [9.17, 15) is 4.39 Å². The van der Waals surface area contributed by atoms with Crippen molar-refractivity contribution in [3.63, 3.8) is 0 Å². The molecule has 0 amide bonds. The first-order valence-corrected chi connectivity index (χ1v) is 6.29. The van der Waals surface area contributed by atoms with Crippen molar-refractivity contribution in [3.05, 3.63) is 62.7 Å². The fourth-order valence-electron chi connectivity index (χ4n) is 1.72. The minimum atomic E-state index is -0.454. The van der Waals surface area contributed by atoms with E-state index in [-0.39, 0.29) is 5.82 Å². The molecule has 0 saturated carbocycles. The molecule has 2 rings (SSSR count). The summed E-state index contributed by atoms with van der Waals surface area (Å²) < 4.78 is 14.7. The van der Waals surface area contributed by atoms with Crippen molar-refractivity contribution < 1.29 is 4.39 Å². The maximum atomic E-state index is 13.6. The van der Waals surface area contributed by atoms with Gasteiger partial charge < -0.3 is 5.73 Å². The fraction of sp³-hybridized carbons (Fsp3) is 0.154. The molecule has 0 fully saturated rings. The molecule has 1 aromatic carbocycles. The van der Waals surface area contributed by atoms with E-state index >= 15 is 0 Å². The molecule has 0 bridgehead atoms. The summed E-state index contributed by atoms with van der Waals surface area (Å²) in [6.07, 6.45) is 2.75. The number of pyridine rings is 1. The lowest BCUT2D eigenvalue weighted by molar-refractivity contribution is 0.593. The number of hydrogen-bond acceptors (Lipinski definition) is 2. The molecule has 2 aromatic rings. The van der Waals surface area contributed by atoms with Gasteiger partial charge in [0.15, 0.2) is 0 Å². The highest BCUT2D eigenvalue weighted by Crippen LogP contribution is 2.27. The third-order valence-corrected chi connectivity index (χ3v) is 4.17. The summed E-state index contributed by atoms with van der Waals surface area (Å²) in [5, 5.41) is 0. The number of nitrogens with zero attached hydrogens (tertiary/aromatic N) is 1. The van der Waals surface area contributed by atoms with E-state index in [2.05, 4.69) is 27.6 Å². The number of benzene rings is 1. The summed E-state index contributed by atoms with van der Waals surface area (Å²) in [5.41, 5.74) is 8.68. The Bertz CT molecular complexity index is 543. The first-order valence-electron chi connectivity index (χ1n) is 5.21. The maximum Gasteiger partial charge on any atom is 0.146 e. The van der Waals surface area contributed by atoms with Crippen molar-refractivity contribution in [1.82, 2.24) is 4.98 Å². The van der Waals surface area contributed by atoms with Crippen LogP contribution >= 0.6 is 22.6 Å². The predicted octanol–water partition coefficient (Wildman–Crippen LogP) is 3.18. The minimum absolute atomic E-state index is 0.364. The summed E-state index contributed by atoms with van der Waals surface area (Å²) in [6.45, 7) is 2.01. The van der Waals surface area contributed by atoms with Gasteiger partial charge in [0.1, 0.15) is 5.82 Å². The normalized spacial score (nSPS) is 12.5. The zero-order valence-corrected chi connectivity index (χ0v) is 11.5. The first kappa shape index (κ1) is 12.4. The summed E-state index contributed by atoms with van der Waals surface area (Å²) in [5.74, 6) is -0.364. The van der Waals surface area contributed by atoms with Crippen LogP contribution in [0.2, 0.25) is 0 Å². The molecule has 88 valence electrons. The standard InChI is InChI=1S/C13H12FIN2/c1-8-3-2-4-10(12(8)15)13(16)9-5-6-17-7-11(9)14/h2-7,13H,16H2,1H3. The zero-order chi connectivity index (χ0) is 12.4. The van der Waals surface area contributed by atoms with Gasteiger partial charge in [0.25, 0.3) is 0 Å². The monoisotopic (exact) mass is 342 g/mol. The number of hydrogen-bond donors (Lipinski definition) is 1. The van der Waals surface area contributed by atoms with Crippen molar-refractivity contribution >= 4 is 22.6 Å². The van der Waals surface area contributed by atoms with Crippen LogP contribution in [0.3, 0.4) is 0 Å². The number of aromatic nitrogens is 1. The van der Waals surface area contributed by atoms with Gasteiger partial charge in [-0.25, -0.2) is 4.39 Å². The lowest BCUT2D eigenvalue weighted by atomic mass is 9.99. The topological polar surface area (TPSA) is 38.9 Å². The number of aryl methyl sites for hydroxylation is 1. The second-order valence-electron chi connectivity index (χ2n) is 3.85. The van der Waals surface area contributed by atoms with Crippen LogP contribution in [0.15, 0.2) is 36.7 Å². The Morgan fingerprint density at radius 2 is 2.06 bits per heavy atom. The van der Waals surface area contributed by atoms with Crippen LogP contribution in [0.1, 0.15) is 22.7 Å². The van der Waals surface area contributed by atoms with Crippen molar-refractivity contribution in [3.8, 4) is 0 Å². The highest BCUT2D eigenvalue weighted by atomic mass is 127. The second-order valence-corrected chi connectivity index (χ2v) is 4.93. The highest BCUT2D eigenvalue weighted by molar-refractivity contribution is 14.1. The minimum Gasteiger partial charge on any atom is -0.320 e. The van der Waals surface area contributed by atoms with Crippen LogP contribution < -0.4 is 5.73 Å². The van der Waals surface area contributed by atoms with Gasteiger partial charge in [-0.15, -0.1) is 0 Å². The van der Waals surface area contributed by atoms with E-state index in [0.29, 0.717) is 5.56 Å². The quantitative estimate of drug-likeness (QED) is 0.852. The predicted molar refractivity (Wildman–Crippen MR) is 74.1 cm³/mol. The van der Waals surface area contributed by atoms with Crippen LogP contribution in [0.5, 0.6) is 0 Å². The molecule has 0 spiro atoms. The molecule has 0 aliphatic heterocycles. The molecule has 0 radical (unpaired) electrons. The first-order chi connectivity index (χ1) is 8.11. The lowest BCUT2D eigenvalue weighted by Crippen LogP contribution is -2.15. The Morgan fingerprint density at radius 1 is 1.29 bits per heavy atom. The average Bonchev–Trinajstić information content (AvgIpc) is 2.32. The SMILES string of the molecule is Cc1cccc(C(N)c2ccncc2F)c1I. The third kappa shape index (κ3) is 2.47. The van der Waals surface area contributed by atoms with E-state index in [1.165, 1.54) is 6.20 Å². The van der Waals surface area contributed by atoms with Crippen LogP contribution in [0, 0.1) is 16.3 Å². The molecular formula is C13H12FIN2. The number of halogens is 2. The molecule has 1 aromatic heterocycles. The molecular weight excluding hydrogens is 330 g/mol. The summed E-state index contributed by atoms with van der Waals surface area (Å²) in [6, 6.07) is 7.05. The zero-order valence-electron chi connectivity index (χ0n) is 9.32. The summed E-state index contributed by atoms with van der Waals surface area (Å²) >= 11 is 2.24. The lowest BCUT2D eigenvalue weighted by Gasteiger charge is -2.16. The van der Waals surface area contributed by atoms with Crippen molar-refractivity contribution in [2.75, 3.05) is 0 Å². The molecule has 2 nitrogen and oxygen atoms in total. The van der Waals surface area contributed by atoms with Gasteiger partial charge in [0.2, 0.25) is 0 Å². The molecule has 0 aliphatic carbocycles. The summed E-state index contributed by atoms with van der Waals surface area (Å²) in [4.78, 5) is 3.73. The van der Waals surface area contributed by atoms with Crippen LogP contribution in [0.25, 0.3) is 0 Å². The molecule has 1 heterocycles. The Hall–Kier alpha value is -1.01. The Labute approximate surface area is 113 Å². The molecule has 17 heavy (non-hydrogen) atoms. The molecule has 1 unspecified atom stereocenters. The van der Waals surface area contributed by atoms with E-state index < -0.39 is 6.04 Å². The van der Waals surface area contributed by atoms with Gasteiger partial charge in [-0.2, -0.15) is 0 Å². The van der Waals surface area contributed by atoms with Crippen LogP contribution in [-0.4, -0.2) is 4.98 Å². The smallest absolute Gasteiger partial charge is 0.146 e. The second kappa shape index (κ2) is 5.10. The molecule has 0 saturated heterocycles. The Morgan fingerprint density at radius 3 is 2.76 bits per heavy atom. The molecule has 0 aliphatic rings. The molecule has 4 heteroatoms. The van der Waals surface area contributed by atoms with E-state index in [1.807, 2.05) is 25.1 Å². The van der Waals surface area contributed by atoms with Crippen molar-refractivity contribution in [1.29, 1.82) is 0 Å². The Balaban J connectivity index is 2.48. The Kier molecular flexibility index (Phi) is 3.73. The van der Waals surface area contributed by atoms with Gasteiger partial charge in [-0.3, -0.25) is 4.98 Å². The van der Waals surface area contributed by atoms with Gasteiger partial charge >= 0.3 is 0 Å². The van der Waals surface area contributed by atoms with Crippen molar-refractivity contribution in [2.45, 2.75) is 13.0 Å². The van der Waals surface area contributed by atoms with Gasteiger partial charge in [0.05, 0.1) is 12.2 Å². The third-order valence-electron chi connectivity index (χ3n) is 2.70. The molecule has 1 atom stereocenters. The van der Waals surface area contributed by atoms with E-state index in [4.69, 9.17) is 5.73 Å². The highest BCUT2D eigenvalue weighted by Gasteiger charge is 2.16. The fourth-order valence-corrected chi connectivity index (χ4v) is 2.41. The van der Waals surface area contributed by atoms with E-state index in [0.717, 1.165) is 14.7 Å². The van der Waals surface area contributed by atoms with Crippen LogP contribution in [0.4, 0.5) is 4.39 Å². The van der Waals surface area contributed by atoms with Crippen molar-refractivity contribution in [2.24, 2.45) is 5.73 Å². The average molecular weight is 342 g/mol. The van der Waals surface area contributed by atoms with Gasteiger partial charge in [-0.05, 0) is 46.7 Å². The maximum absolute atomic E-state index is 13.6. The van der Waals surface area contributed by atoms with Crippen LogP contribution in [-0.2, 0) is 0 Å².